The molecule has 0 saturated heterocycles. The Balaban J connectivity index is 1.66. The van der Waals surface area contributed by atoms with Crippen molar-refractivity contribution < 1.29 is 0 Å². The lowest BCUT2D eigenvalue weighted by Gasteiger charge is -2.15. The lowest BCUT2D eigenvalue weighted by molar-refractivity contribution is 0.405. The Hall–Kier alpha value is -2.40. The van der Waals surface area contributed by atoms with Crippen molar-refractivity contribution in [2.75, 3.05) is 44.4 Å². The summed E-state index contributed by atoms with van der Waals surface area (Å²) >= 11 is 0. The molecule has 150 valence electrons. The predicted octanol–water partition coefficient (Wildman–Crippen LogP) is 4.81. The lowest BCUT2D eigenvalue weighted by Crippen LogP contribution is -2.17. The Morgan fingerprint density at radius 3 is 2.39 bits per heavy atom. The van der Waals surface area contributed by atoms with E-state index in [0.29, 0.717) is 0 Å². The lowest BCUT2D eigenvalue weighted by atomic mass is 9.97. The fourth-order valence-electron chi connectivity index (χ4n) is 3.44. The number of hydrogen-bond donors (Lipinski definition) is 2. The second kappa shape index (κ2) is 10.8. The summed E-state index contributed by atoms with van der Waals surface area (Å²) in [6.07, 6.45) is 9.75. The van der Waals surface area contributed by atoms with Crippen molar-refractivity contribution in [1.29, 1.82) is 0 Å². The Labute approximate surface area is 169 Å². The van der Waals surface area contributed by atoms with Gasteiger partial charge in [-0.2, -0.15) is 0 Å². The van der Waals surface area contributed by atoms with Crippen LogP contribution in [-0.4, -0.2) is 48.6 Å². The molecule has 5 heteroatoms. The van der Waals surface area contributed by atoms with Crippen LogP contribution in [0.25, 0.3) is 11.4 Å². The summed E-state index contributed by atoms with van der Waals surface area (Å²) in [6.45, 7) is 2.87. The molecular weight excluding hydrogens is 346 g/mol. The number of nitrogens with zero attached hydrogens (tertiary/aromatic N) is 3. The van der Waals surface area contributed by atoms with Gasteiger partial charge in [0, 0.05) is 24.7 Å². The number of benzene rings is 1. The van der Waals surface area contributed by atoms with Gasteiger partial charge in [-0.05, 0) is 59.2 Å². The molecule has 0 amide bonds. The van der Waals surface area contributed by atoms with E-state index < -0.39 is 0 Å². The van der Waals surface area contributed by atoms with Crippen molar-refractivity contribution in [3.8, 4) is 11.4 Å². The molecule has 3 rings (SSSR count). The third kappa shape index (κ3) is 6.64. The highest BCUT2D eigenvalue weighted by atomic mass is 15.1. The van der Waals surface area contributed by atoms with E-state index in [-0.39, 0.29) is 0 Å². The van der Waals surface area contributed by atoms with E-state index in [1.165, 1.54) is 25.7 Å². The van der Waals surface area contributed by atoms with Gasteiger partial charge in [0.15, 0.2) is 5.82 Å². The van der Waals surface area contributed by atoms with Gasteiger partial charge < -0.3 is 15.5 Å². The number of hydrogen-bond acceptors (Lipinski definition) is 5. The van der Waals surface area contributed by atoms with Crippen molar-refractivity contribution in [3.63, 3.8) is 0 Å². The zero-order chi connectivity index (χ0) is 19.6. The molecule has 2 aromatic rings. The first-order valence-corrected chi connectivity index (χ1v) is 10.5. The molecule has 2 N–H and O–H groups in total. The van der Waals surface area contributed by atoms with E-state index in [4.69, 9.17) is 9.97 Å². The van der Waals surface area contributed by atoms with Gasteiger partial charge in [-0.1, -0.05) is 42.0 Å². The standard InChI is InChI=1S/C23H33N5/c1-28(2)17-9-15-24-21-18-22(25-16-14-19-10-5-3-6-11-19)27-23(26-21)20-12-7-4-8-13-20/h4,7-8,10,12-13,18H,3,5-6,9,11,14-17H2,1-2H3,(H2,24,25,26,27). The van der Waals surface area contributed by atoms with Crippen molar-refractivity contribution in [2.45, 2.75) is 38.5 Å². The van der Waals surface area contributed by atoms with Gasteiger partial charge in [0.05, 0.1) is 0 Å². The quantitative estimate of drug-likeness (QED) is 0.458. The minimum atomic E-state index is 0.762. The fourth-order valence-corrected chi connectivity index (χ4v) is 3.44. The highest BCUT2D eigenvalue weighted by molar-refractivity contribution is 5.61. The molecule has 28 heavy (non-hydrogen) atoms. The summed E-state index contributed by atoms with van der Waals surface area (Å²) in [5.41, 5.74) is 2.62. The Morgan fingerprint density at radius 2 is 1.71 bits per heavy atom. The van der Waals surface area contributed by atoms with Crippen LogP contribution >= 0.6 is 0 Å². The topological polar surface area (TPSA) is 53.1 Å². The number of allylic oxidation sites excluding steroid dienone is 1. The maximum atomic E-state index is 4.75. The summed E-state index contributed by atoms with van der Waals surface area (Å²) < 4.78 is 0. The SMILES string of the molecule is CN(C)CCCNc1cc(NCCC2=CCCCC2)nc(-c2ccccc2)n1. The van der Waals surface area contributed by atoms with Gasteiger partial charge in [0.2, 0.25) is 0 Å². The van der Waals surface area contributed by atoms with E-state index in [1.54, 1.807) is 5.57 Å². The number of aromatic nitrogens is 2. The molecule has 0 radical (unpaired) electrons. The Kier molecular flexibility index (Phi) is 7.85. The molecule has 1 aliphatic rings. The predicted molar refractivity (Wildman–Crippen MR) is 119 cm³/mol. The first kappa shape index (κ1) is 20.3. The van der Waals surface area contributed by atoms with Crippen LogP contribution in [-0.2, 0) is 0 Å². The Morgan fingerprint density at radius 1 is 0.964 bits per heavy atom. The number of rotatable bonds is 10. The van der Waals surface area contributed by atoms with E-state index in [1.807, 2.05) is 24.3 Å². The normalized spacial score (nSPS) is 14.0. The maximum absolute atomic E-state index is 4.75. The molecule has 0 spiro atoms. The molecule has 0 fully saturated rings. The number of anilines is 2. The third-order valence-electron chi connectivity index (χ3n) is 4.98. The second-order valence-corrected chi connectivity index (χ2v) is 7.70. The van der Waals surface area contributed by atoms with E-state index in [9.17, 15) is 0 Å². The average Bonchev–Trinajstić information content (AvgIpc) is 2.72. The average molecular weight is 380 g/mol. The minimum absolute atomic E-state index is 0.762. The van der Waals surface area contributed by atoms with Crippen molar-refractivity contribution in [3.05, 3.63) is 48.0 Å². The summed E-state index contributed by atoms with van der Waals surface area (Å²) in [7, 11) is 4.20. The molecule has 1 aliphatic carbocycles. The monoisotopic (exact) mass is 379 g/mol. The molecule has 0 aliphatic heterocycles. The second-order valence-electron chi connectivity index (χ2n) is 7.70. The number of nitrogens with one attached hydrogen (secondary N) is 2. The van der Waals surface area contributed by atoms with Crippen molar-refractivity contribution in [1.82, 2.24) is 14.9 Å². The van der Waals surface area contributed by atoms with Crippen LogP contribution in [0.4, 0.5) is 11.6 Å². The van der Waals surface area contributed by atoms with E-state index in [0.717, 1.165) is 55.5 Å². The van der Waals surface area contributed by atoms with Crippen LogP contribution in [0.15, 0.2) is 48.0 Å². The zero-order valence-electron chi connectivity index (χ0n) is 17.2. The van der Waals surface area contributed by atoms with Gasteiger partial charge in [-0.25, -0.2) is 9.97 Å². The molecule has 1 heterocycles. The highest BCUT2D eigenvalue weighted by Gasteiger charge is 2.08. The minimum Gasteiger partial charge on any atom is -0.370 e. The molecule has 5 nitrogen and oxygen atoms in total. The van der Waals surface area contributed by atoms with Crippen LogP contribution in [0.5, 0.6) is 0 Å². The van der Waals surface area contributed by atoms with E-state index in [2.05, 4.69) is 47.8 Å². The summed E-state index contributed by atoms with van der Waals surface area (Å²) in [4.78, 5) is 11.7. The van der Waals surface area contributed by atoms with Crippen molar-refractivity contribution >= 4 is 11.6 Å². The highest BCUT2D eigenvalue weighted by Crippen LogP contribution is 2.22. The molecule has 0 bridgehead atoms. The Bertz CT molecular complexity index is 755. The van der Waals surface area contributed by atoms with Crippen LogP contribution in [0.1, 0.15) is 38.5 Å². The summed E-state index contributed by atoms with van der Waals surface area (Å²) in [5.74, 6) is 2.53. The zero-order valence-corrected chi connectivity index (χ0v) is 17.2. The van der Waals surface area contributed by atoms with Gasteiger partial charge in [0.1, 0.15) is 11.6 Å². The van der Waals surface area contributed by atoms with Crippen LogP contribution < -0.4 is 10.6 Å². The molecule has 0 unspecified atom stereocenters. The molecule has 0 atom stereocenters. The van der Waals surface area contributed by atoms with Gasteiger partial charge in [-0.3, -0.25) is 0 Å². The van der Waals surface area contributed by atoms with Gasteiger partial charge in [0.25, 0.3) is 0 Å². The van der Waals surface area contributed by atoms with Crippen LogP contribution in [0, 0.1) is 0 Å². The molecule has 0 saturated carbocycles. The van der Waals surface area contributed by atoms with Crippen LogP contribution in [0.2, 0.25) is 0 Å². The maximum Gasteiger partial charge on any atom is 0.163 e. The van der Waals surface area contributed by atoms with E-state index >= 15 is 0 Å². The fraction of sp³-hybridized carbons (Fsp3) is 0.478. The third-order valence-corrected chi connectivity index (χ3v) is 4.98. The largest absolute Gasteiger partial charge is 0.370 e. The van der Waals surface area contributed by atoms with Crippen LogP contribution in [0.3, 0.4) is 0 Å². The van der Waals surface area contributed by atoms with Gasteiger partial charge in [-0.15, -0.1) is 0 Å². The summed E-state index contributed by atoms with van der Waals surface area (Å²) in [6, 6.07) is 12.2. The summed E-state index contributed by atoms with van der Waals surface area (Å²) in [5, 5.41) is 6.97. The van der Waals surface area contributed by atoms with Crippen molar-refractivity contribution in [2.24, 2.45) is 0 Å². The van der Waals surface area contributed by atoms with Gasteiger partial charge >= 0.3 is 0 Å². The molecule has 1 aromatic heterocycles. The smallest absolute Gasteiger partial charge is 0.163 e. The molecular formula is C23H33N5. The molecule has 1 aromatic carbocycles. The first-order valence-electron chi connectivity index (χ1n) is 10.5. The first-order chi connectivity index (χ1) is 13.7.